The highest BCUT2D eigenvalue weighted by Gasteiger charge is 2.38. The van der Waals surface area contributed by atoms with E-state index >= 15 is 0 Å². The molecule has 0 spiro atoms. The SMILES string of the molecule is Cc1ccc(C(Cc2ccccc2)(Sc2ccccc2)S(C)=O)cc1. The van der Waals surface area contributed by atoms with Crippen LogP contribution in [0.4, 0.5) is 0 Å². The van der Waals surface area contributed by atoms with Gasteiger partial charge in [0.15, 0.2) is 0 Å². The van der Waals surface area contributed by atoms with E-state index in [2.05, 4.69) is 55.5 Å². The van der Waals surface area contributed by atoms with Gasteiger partial charge in [0.2, 0.25) is 0 Å². The van der Waals surface area contributed by atoms with Gasteiger partial charge in [-0.2, -0.15) is 0 Å². The van der Waals surface area contributed by atoms with Crippen LogP contribution in [0, 0.1) is 6.92 Å². The molecule has 3 heteroatoms. The Balaban J connectivity index is 2.10. The van der Waals surface area contributed by atoms with Crippen molar-refractivity contribution in [2.75, 3.05) is 6.26 Å². The molecule has 0 heterocycles. The molecule has 0 aliphatic rings. The Morgan fingerprint density at radius 2 is 1.40 bits per heavy atom. The van der Waals surface area contributed by atoms with Gasteiger partial charge in [0, 0.05) is 28.4 Å². The van der Waals surface area contributed by atoms with E-state index in [-0.39, 0.29) is 0 Å². The maximum Gasteiger partial charge on any atom is 0.124 e. The van der Waals surface area contributed by atoms with E-state index in [1.54, 1.807) is 11.8 Å². The molecule has 25 heavy (non-hydrogen) atoms. The van der Waals surface area contributed by atoms with E-state index in [9.17, 15) is 4.21 Å². The third-order valence-corrected chi connectivity index (χ3v) is 7.74. The number of thioether (sulfide) groups is 1. The molecule has 0 aliphatic heterocycles. The standard InChI is InChI=1S/C22H22OS2/c1-18-13-15-20(16-14-18)22(25(2)23,17-19-9-5-3-6-10-19)24-21-11-7-4-8-12-21/h3-16H,17H2,1-2H3. The molecule has 128 valence electrons. The topological polar surface area (TPSA) is 17.1 Å². The van der Waals surface area contributed by atoms with Gasteiger partial charge < -0.3 is 0 Å². The summed E-state index contributed by atoms with van der Waals surface area (Å²) in [6, 6.07) is 29.0. The van der Waals surface area contributed by atoms with Crippen LogP contribution in [0.1, 0.15) is 16.7 Å². The molecule has 0 radical (unpaired) electrons. The van der Waals surface area contributed by atoms with Crippen molar-refractivity contribution < 1.29 is 4.21 Å². The Morgan fingerprint density at radius 1 is 0.840 bits per heavy atom. The number of hydrogen-bond donors (Lipinski definition) is 0. The zero-order valence-corrected chi connectivity index (χ0v) is 16.1. The summed E-state index contributed by atoms with van der Waals surface area (Å²) >= 11 is 1.70. The van der Waals surface area contributed by atoms with Gasteiger partial charge in [-0.25, -0.2) is 0 Å². The molecule has 0 bridgehead atoms. The van der Waals surface area contributed by atoms with E-state index in [0.717, 1.165) is 16.9 Å². The van der Waals surface area contributed by atoms with Crippen molar-refractivity contribution in [3.05, 3.63) is 102 Å². The molecular formula is C22H22OS2. The fourth-order valence-electron chi connectivity index (χ4n) is 2.87. The van der Waals surface area contributed by atoms with Crippen molar-refractivity contribution in [2.45, 2.75) is 22.3 Å². The fourth-order valence-corrected chi connectivity index (χ4v) is 5.64. The number of benzene rings is 3. The van der Waals surface area contributed by atoms with Gasteiger partial charge in [-0.1, -0.05) is 78.4 Å². The number of aryl methyl sites for hydroxylation is 1. The molecule has 3 aromatic rings. The number of rotatable bonds is 6. The van der Waals surface area contributed by atoms with Gasteiger partial charge in [-0.15, -0.1) is 11.8 Å². The lowest BCUT2D eigenvalue weighted by molar-refractivity contribution is 0.667. The van der Waals surface area contributed by atoms with Crippen molar-refractivity contribution >= 4 is 22.6 Å². The Hall–Kier alpha value is -1.84. The van der Waals surface area contributed by atoms with E-state index in [4.69, 9.17) is 0 Å². The van der Waals surface area contributed by atoms with Crippen LogP contribution in [-0.2, 0) is 21.3 Å². The highest BCUT2D eigenvalue weighted by molar-refractivity contribution is 8.11. The summed E-state index contributed by atoms with van der Waals surface area (Å²) in [5, 5.41) is 0. The van der Waals surface area contributed by atoms with Crippen LogP contribution in [0.3, 0.4) is 0 Å². The van der Waals surface area contributed by atoms with Crippen molar-refractivity contribution in [1.29, 1.82) is 0 Å². The molecule has 3 rings (SSSR count). The quantitative estimate of drug-likeness (QED) is 0.531. The average Bonchev–Trinajstić information content (AvgIpc) is 2.63. The first-order chi connectivity index (χ1) is 12.1. The average molecular weight is 367 g/mol. The van der Waals surface area contributed by atoms with Gasteiger partial charge in [0.1, 0.15) is 4.08 Å². The monoisotopic (exact) mass is 366 g/mol. The Labute approximate surface area is 157 Å². The van der Waals surface area contributed by atoms with Crippen LogP contribution in [-0.4, -0.2) is 10.5 Å². The second-order valence-electron chi connectivity index (χ2n) is 6.15. The third-order valence-electron chi connectivity index (χ3n) is 4.26. The lowest BCUT2D eigenvalue weighted by Gasteiger charge is -2.32. The fraction of sp³-hybridized carbons (Fsp3) is 0.182. The molecule has 2 atom stereocenters. The van der Waals surface area contributed by atoms with E-state index < -0.39 is 14.9 Å². The Morgan fingerprint density at radius 3 is 1.96 bits per heavy atom. The van der Waals surface area contributed by atoms with Crippen molar-refractivity contribution in [1.82, 2.24) is 0 Å². The summed E-state index contributed by atoms with van der Waals surface area (Å²) < 4.78 is 12.5. The summed E-state index contributed by atoms with van der Waals surface area (Å²) in [5.41, 5.74) is 3.52. The maximum absolute atomic E-state index is 13.1. The molecule has 1 nitrogen and oxygen atoms in total. The summed E-state index contributed by atoms with van der Waals surface area (Å²) in [6.45, 7) is 2.08. The van der Waals surface area contributed by atoms with Crippen LogP contribution in [0.2, 0.25) is 0 Å². The van der Waals surface area contributed by atoms with Gasteiger partial charge in [-0.3, -0.25) is 4.21 Å². The summed E-state index contributed by atoms with van der Waals surface area (Å²) in [5.74, 6) is 0. The second kappa shape index (κ2) is 8.03. The molecular weight excluding hydrogens is 344 g/mol. The molecule has 0 amide bonds. The minimum absolute atomic E-state index is 0.517. The minimum Gasteiger partial charge on any atom is -0.258 e. The Bertz CT molecular complexity index is 785. The lowest BCUT2D eigenvalue weighted by atomic mass is 10.0. The zero-order valence-electron chi connectivity index (χ0n) is 14.5. The first-order valence-electron chi connectivity index (χ1n) is 8.29. The number of hydrogen-bond acceptors (Lipinski definition) is 2. The predicted octanol–water partition coefficient (Wildman–Crippen LogP) is 5.56. The molecule has 2 unspecified atom stereocenters. The molecule has 3 aromatic carbocycles. The highest BCUT2D eigenvalue weighted by atomic mass is 32.2. The van der Waals surface area contributed by atoms with Gasteiger partial charge in [0.25, 0.3) is 0 Å². The van der Waals surface area contributed by atoms with Crippen LogP contribution >= 0.6 is 11.8 Å². The van der Waals surface area contributed by atoms with Crippen LogP contribution < -0.4 is 0 Å². The third kappa shape index (κ3) is 4.23. The lowest BCUT2D eigenvalue weighted by Crippen LogP contribution is -2.30. The smallest absolute Gasteiger partial charge is 0.124 e. The Kier molecular flexibility index (Phi) is 5.77. The van der Waals surface area contributed by atoms with Gasteiger partial charge >= 0.3 is 0 Å². The van der Waals surface area contributed by atoms with E-state index in [1.165, 1.54) is 11.1 Å². The van der Waals surface area contributed by atoms with E-state index in [1.807, 2.05) is 42.7 Å². The summed E-state index contributed by atoms with van der Waals surface area (Å²) in [7, 11) is -1.06. The molecule has 0 N–H and O–H groups in total. The van der Waals surface area contributed by atoms with Gasteiger partial charge in [-0.05, 0) is 30.2 Å². The van der Waals surface area contributed by atoms with Crippen molar-refractivity contribution in [2.24, 2.45) is 0 Å². The normalized spacial score (nSPS) is 14.6. The van der Waals surface area contributed by atoms with Crippen molar-refractivity contribution in [3.63, 3.8) is 0 Å². The molecule has 0 fully saturated rings. The molecule has 0 saturated carbocycles. The summed E-state index contributed by atoms with van der Waals surface area (Å²) in [6.07, 6.45) is 2.54. The highest BCUT2D eigenvalue weighted by Crippen LogP contribution is 2.46. The second-order valence-corrected chi connectivity index (χ2v) is 9.39. The first-order valence-corrected chi connectivity index (χ1v) is 10.7. The summed E-state index contributed by atoms with van der Waals surface area (Å²) in [4.78, 5) is 1.13. The molecule has 0 saturated heterocycles. The van der Waals surface area contributed by atoms with E-state index in [0.29, 0.717) is 0 Å². The zero-order chi connectivity index (χ0) is 17.7. The van der Waals surface area contributed by atoms with Crippen molar-refractivity contribution in [3.8, 4) is 0 Å². The molecule has 0 aromatic heterocycles. The maximum atomic E-state index is 13.1. The van der Waals surface area contributed by atoms with Gasteiger partial charge in [0.05, 0.1) is 0 Å². The first kappa shape index (κ1) is 18.0. The predicted molar refractivity (Wildman–Crippen MR) is 109 cm³/mol. The van der Waals surface area contributed by atoms with Crippen LogP contribution in [0.25, 0.3) is 0 Å². The molecule has 0 aliphatic carbocycles. The largest absolute Gasteiger partial charge is 0.258 e. The van der Waals surface area contributed by atoms with Crippen LogP contribution in [0.5, 0.6) is 0 Å². The van der Waals surface area contributed by atoms with Crippen LogP contribution in [0.15, 0.2) is 89.8 Å². The minimum atomic E-state index is -1.06.